The van der Waals surface area contributed by atoms with Gasteiger partial charge in [0, 0.05) is 37.7 Å². The molecule has 128 valence electrons. The van der Waals surface area contributed by atoms with Crippen LogP contribution in [0, 0.1) is 5.82 Å². The lowest BCUT2D eigenvalue weighted by Crippen LogP contribution is -2.47. The zero-order valence-corrected chi connectivity index (χ0v) is 15.0. The molecule has 6 heteroatoms. The molecular weight excluding hydrogens is 313 g/mol. The number of aliphatic imine (C=N–C) groups is 1. The van der Waals surface area contributed by atoms with Crippen LogP contribution in [0.3, 0.4) is 0 Å². The molecule has 0 saturated carbocycles. The van der Waals surface area contributed by atoms with Gasteiger partial charge in [-0.05, 0) is 31.0 Å². The first kappa shape index (κ1) is 17.9. The van der Waals surface area contributed by atoms with Crippen molar-refractivity contribution >= 4 is 17.7 Å². The number of hydrogen-bond donors (Lipinski definition) is 1. The van der Waals surface area contributed by atoms with E-state index in [0.29, 0.717) is 24.2 Å². The van der Waals surface area contributed by atoms with Gasteiger partial charge >= 0.3 is 0 Å². The molecule has 1 aromatic carbocycles. The van der Waals surface area contributed by atoms with Gasteiger partial charge in [-0.25, -0.2) is 4.39 Å². The predicted octanol–water partition coefficient (Wildman–Crippen LogP) is 3.13. The number of benzene rings is 1. The van der Waals surface area contributed by atoms with Gasteiger partial charge in [-0.1, -0.05) is 13.0 Å². The van der Waals surface area contributed by atoms with Gasteiger partial charge in [0.25, 0.3) is 0 Å². The maximum absolute atomic E-state index is 13.9. The third kappa shape index (κ3) is 5.03. The Hall–Kier alpha value is -1.43. The Morgan fingerprint density at radius 3 is 2.96 bits per heavy atom. The van der Waals surface area contributed by atoms with E-state index in [9.17, 15) is 4.39 Å². The van der Waals surface area contributed by atoms with Crippen LogP contribution < -0.4 is 10.1 Å². The van der Waals surface area contributed by atoms with E-state index in [4.69, 9.17) is 4.74 Å². The highest BCUT2D eigenvalue weighted by Gasteiger charge is 2.21. The summed E-state index contributed by atoms with van der Waals surface area (Å²) in [6, 6.07) is 5.09. The molecule has 0 aliphatic carbocycles. The summed E-state index contributed by atoms with van der Waals surface area (Å²) in [6.45, 7) is 7.10. The zero-order valence-electron chi connectivity index (χ0n) is 14.1. The smallest absolute Gasteiger partial charge is 0.193 e. The van der Waals surface area contributed by atoms with Crippen molar-refractivity contribution in [3.05, 3.63) is 29.6 Å². The lowest BCUT2D eigenvalue weighted by Gasteiger charge is -2.34. The quantitative estimate of drug-likeness (QED) is 0.661. The highest BCUT2D eigenvalue weighted by Crippen LogP contribution is 2.21. The van der Waals surface area contributed by atoms with Gasteiger partial charge in [-0.15, -0.1) is 0 Å². The third-order valence-electron chi connectivity index (χ3n) is 3.85. The van der Waals surface area contributed by atoms with Crippen molar-refractivity contribution < 1.29 is 9.13 Å². The molecule has 2 rings (SSSR count). The van der Waals surface area contributed by atoms with Crippen LogP contribution in [-0.2, 0) is 6.54 Å². The Kier molecular flexibility index (Phi) is 7.02. The minimum atomic E-state index is -0.318. The molecule has 1 aromatic rings. The maximum atomic E-state index is 13.9. The number of ether oxygens (including phenoxy) is 1. The van der Waals surface area contributed by atoms with Crippen LogP contribution in [0.1, 0.15) is 25.8 Å². The van der Waals surface area contributed by atoms with E-state index >= 15 is 0 Å². The Labute approximate surface area is 142 Å². The van der Waals surface area contributed by atoms with Crippen LogP contribution in [0.5, 0.6) is 5.75 Å². The van der Waals surface area contributed by atoms with Gasteiger partial charge in [0.15, 0.2) is 17.5 Å². The van der Waals surface area contributed by atoms with Crippen molar-refractivity contribution in [2.75, 3.05) is 32.5 Å². The number of rotatable bonds is 5. The van der Waals surface area contributed by atoms with Gasteiger partial charge in [0.2, 0.25) is 0 Å². The number of thioether (sulfide) groups is 1. The molecule has 1 aliphatic rings. The summed E-state index contributed by atoms with van der Waals surface area (Å²) in [5, 5.41) is 4.00. The van der Waals surface area contributed by atoms with Gasteiger partial charge in [0.05, 0.1) is 6.61 Å². The Balaban J connectivity index is 1.94. The molecule has 0 bridgehead atoms. The second-order valence-corrected chi connectivity index (χ2v) is 6.85. The minimum absolute atomic E-state index is 0.305. The molecule has 4 nitrogen and oxygen atoms in total. The van der Waals surface area contributed by atoms with Crippen molar-refractivity contribution in [3.63, 3.8) is 0 Å². The zero-order chi connectivity index (χ0) is 16.7. The van der Waals surface area contributed by atoms with Crippen LogP contribution in [-0.4, -0.2) is 48.6 Å². The Bertz CT molecular complexity index is 539. The summed E-state index contributed by atoms with van der Waals surface area (Å²) < 4.78 is 19.1. The lowest BCUT2D eigenvalue weighted by molar-refractivity contribution is 0.321. The first-order valence-corrected chi connectivity index (χ1v) is 9.21. The average Bonchev–Trinajstić information content (AvgIpc) is 2.58. The van der Waals surface area contributed by atoms with E-state index < -0.39 is 0 Å². The molecule has 0 amide bonds. The van der Waals surface area contributed by atoms with Crippen molar-refractivity contribution in [3.8, 4) is 5.75 Å². The van der Waals surface area contributed by atoms with E-state index in [1.807, 2.05) is 24.8 Å². The average molecular weight is 339 g/mol. The van der Waals surface area contributed by atoms with Gasteiger partial charge in [-0.2, -0.15) is 11.8 Å². The SMILES string of the molecule is CCOc1ccc(CNC(=NC)N2CCSC(CC)C2)cc1F. The predicted molar refractivity (Wildman–Crippen MR) is 95.9 cm³/mol. The van der Waals surface area contributed by atoms with Crippen LogP contribution in [0.15, 0.2) is 23.2 Å². The van der Waals surface area contributed by atoms with Crippen LogP contribution >= 0.6 is 11.8 Å². The summed E-state index contributed by atoms with van der Waals surface area (Å²) in [5.41, 5.74) is 0.880. The first-order valence-electron chi connectivity index (χ1n) is 8.16. The molecular formula is C17H26FN3OS. The molecule has 1 saturated heterocycles. The summed E-state index contributed by atoms with van der Waals surface area (Å²) in [7, 11) is 1.80. The summed E-state index contributed by atoms with van der Waals surface area (Å²) in [6.07, 6.45) is 1.17. The second kappa shape index (κ2) is 9.01. The Morgan fingerprint density at radius 2 is 2.30 bits per heavy atom. The maximum Gasteiger partial charge on any atom is 0.193 e. The number of nitrogens with zero attached hydrogens (tertiary/aromatic N) is 2. The van der Waals surface area contributed by atoms with Crippen LogP contribution in [0.2, 0.25) is 0 Å². The van der Waals surface area contributed by atoms with Gasteiger partial charge in [0.1, 0.15) is 0 Å². The summed E-state index contributed by atoms with van der Waals surface area (Å²) >= 11 is 2.03. The highest BCUT2D eigenvalue weighted by molar-refractivity contribution is 8.00. The molecule has 23 heavy (non-hydrogen) atoms. The van der Waals surface area contributed by atoms with Gasteiger partial charge in [-0.3, -0.25) is 4.99 Å². The highest BCUT2D eigenvalue weighted by atomic mass is 32.2. The van der Waals surface area contributed by atoms with Crippen LogP contribution in [0.4, 0.5) is 4.39 Å². The lowest BCUT2D eigenvalue weighted by atomic mass is 10.2. The molecule has 0 radical (unpaired) electrons. The molecule has 1 aliphatic heterocycles. The van der Waals surface area contributed by atoms with E-state index in [1.165, 1.54) is 12.5 Å². The number of halogens is 1. The molecule has 0 spiro atoms. The fraction of sp³-hybridized carbons (Fsp3) is 0.588. The van der Waals surface area contributed by atoms with Crippen molar-refractivity contribution in [2.45, 2.75) is 32.1 Å². The third-order valence-corrected chi connectivity index (χ3v) is 5.22. The summed E-state index contributed by atoms with van der Waals surface area (Å²) in [4.78, 5) is 6.66. The fourth-order valence-electron chi connectivity index (χ4n) is 2.60. The van der Waals surface area contributed by atoms with Gasteiger partial charge < -0.3 is 15.0 Å². The van der Waals surface area contributed by atoms with E-state index in [0.717, 1.165) is 30.4 Å². The number of guanidine groups is 1. The van der Waals surface area contributed by atoms with Crippen LogP contribution in [0.25, 0.3) is 0 Å². The van der Waals surface area contributed by atoms with E-state index in [-0.39, 0.29) is 5.82 Å². The second-order valence-electron chi connectivity index (χ2n) is 5.45. The number of nitrogens with one attached hydrogen (secondary N) is 1. The monoisotopic (exact) mass is 339 g/mol. The van der Waals surface area contributed by atoms with E-state index in [1.54, 1.807) is 13.1 Å². The molecule has 0 aromatic heterocycles. The number of hydrogen-bond acceptors (Lipinski definition) is 3. The van der Waals surface area contributed by atoms with E-state index in [2.05, 4.69) is 22.1 Å². The summed E-state index contributed by atoms with van der Waals surface area (Å²) in [5.74, 6) is 2.00. The normalized spacial score (nSPS) is 18.9. The van der Waals surface area contributed by atoms with Crippen molar-refractivity contribution in [1.82, 2.24) is 10.2 Å². The topological polar surface area (TPSA) is 36.9 Å². The molecule has 1 N–H and O–H groups in total. The van der Waals surface area contributed by atoms with Crippen molar-refractivity contribution in [1.29, 1.82) is 0 Å². The largest absolute Gasteiger partial charge is 0.491 e. The minimum Gasteiger partial charge on any atom is -0.491 e. The standard InChI is InChI=1S/C17H26FN3OS/c1-4-14-12-21(8-9-23-14)17(19-3)20-11-13-6-7-16(22-5-2)15(18)10-13/h6-7,10,14H,4-5,8-9,11-12H2,1-3H3,(H,19,20). The fourth-order valence-corrected chi connectivity index (χ4v) is 3.78. The van der Waals surface area contributed by atoms with Crippen molar-refractivity contribution in [2.24, 2.45) is 4.99 Å². The molecule has 1 fully saturated rings. The molecule has 1 unspecified atom stereocenters. The molecule has 1 atom stereocenters. The molecule has 1 heterocycles. The Morgan fingerprint density at radius 1 is 1.48 bits per heavy atom. The first-order chi connectivity index (χ1) is 11.2.